The van der Waals surface area contributed by atoms with Crippen molar-refractivity contribution in [2.75, 3.05) is 0 Å². The molecule has 0 bridgehead atoms. The van der Waals surface area contributed by atoms with Gasteiger partial charge in [-0.15, -0.1) is 9.85 Å². The minimum atomic E-state index is 0.322. The first-order valence-electron chi connectivity index (χ1n) is 2.86. The van der Waals surface area contributed by atoms with Crippen LogP contribution in [-0.2, 0) is 0 Å². The van der Waals surface area contributed by atoms with Crippen molar-refractivity contribution in [3.8, 4) is 0 Å². The maximum Gasteiger partial charge on any atom is 0.324 e. The Balaban J connectivity index is 2.46. The Morgan fingerprint density at radius 2 is 2.50 bits per heavy atom. The molecule has 2 heterocycles. The monoisotopic (exact) mass is 136 g/mol. The van der Waals surface area contributed by atoms with Gasteiger partial charge in [-0.05, 0) is 6.08 Å². The van der Waals surface area contributed by atoms with Crippen molar-refractivity contribution < 1.29 is 4.86 Å². The molecule has 2 rings (SSSR count). The lowest BCUT2D eigenvalue weighted by molar-refractivity contribution is -0.401. The molecule has 10 heavy (non-hydrogen) atoms. The molecule has 2 aliphatic heterocycles. The second-order valence-corrected chi connectivity index (χ2v) is 1.95. The summed E-state index contributed by atoms with van der Waals surface area (Å²) in [6.07, 6.45) is 4.07. The van der Waals surface area contributed by atoms with Crippen LogP contribution in [0.15, 0.2) is 27.6 Å². The van der Waals surface area contributed by atoms with E-state index in [-0.39, 0.29) is 0 Å². The largest absolute Gasteiger partial charge is 0.721 e. The first-order valence-corrected chi connectivity index (χ1v) is 2.86. The molecule has 0 spiro atoms. The molecule has 0 radical (unpaired) electrons. The van der Waals surface area contributed by atoms with E-state index in [4.69, 9.17) is 0 Å². The van der Waals surface area contributed by atoms with Crippen LogP contribution < -0.4 is 0 Å². The van der Waals surface area contributed by atoms with Crippen molar-refractivity contribution in [1.82, 2.24) is 0 Å². The molecule has 0 saturated carbocycles. The van der Waals surface area contributed by atoms with Gasteiger partial charge < -0.3 is 5.21 Å². The molecule has 0 saturated heterocycles. The Morgan fingerprint density at radius 3 is 3.30 bits per heavy atom. The van der Waals surface area contributed by atoms with E-state index in [1.165, 1.54) is 0 Å². The molecule has 0 unspecified atom stereocenters. The summed E-state index contributed by atoms with van der Waals surface area (Å²) >= 11 is 0. The smallest absolute Gasteiger partial charge is 0.324 e. The average Bonchev–Trinajstić information content (AvgIpc) is 2.34. The molecule has 2 aliphatic rings. The fourth-order valence-electron chi connectivity index (χ4n) is 0.836. The van der Waals surface area contributed by atoms with Crippen molar-refractivity contribution in [1.29, 1.82) is 0 Å². The van der Waals surface area contributed by atoms with Gasteiger partial charge in [0, 0.05) is 11.5 Å². The number of allylic oxidation sites excluding steroid dienone is 1. The molecular formula is C5H4N4O. The standard InChI is InChI=1S/C5H4N4O/c10-9-5-4(7-8-9)2-1-3-6-5/h1,3H,2H2. The third-order valence-corrected chi connectivity index (χ3v) is 1.30. The Morgan fingerprint density at radius 1 is 1.60 bits per heavy atom. The molecular weight excluding hydrogens is 132 g/mol. The third kappa shape index (κ3) is 0.570. The van der Waals surface area contributed by atoms with Gasteiger partial charge in [0.05, 0.1) is 11.4 Å². The SMILES string of the molecule is [O-][N+]1=NN=C2CC=CN=C21. The quantitative estimate of drug-likeness (QED) is 0.356. The fraction of sp³-hybridized carbons (Fsp3) is 0.200. The molecule has 5 nitrogen and oxygen atoms in total. The molecule has 0 aromatic heterocycles. The minimum absolute atomic E-state index is 0.322. The van der Waals surface area contributed by atoms with Crippen molar-refractivity contribution in [3.05, 3.63) is 17.5 Å². The number of aliphatic imine (C=N–C) groups is 1. The van der Waals surface area contributed by atoms with E-state index in [1.54, 1.807) is 6.20 Å². The van der Waals surface area contributed by atoms with Crippen LogP contribution in [0.3, 0.4) is 0 Å². The lowest BCUT2D eigenvalue weighted by Crippen LogP contribution is -2.19. The fourth-order valence-corrected chi connectivity index (χ4v) is 0.836. The van der Waals surface area contributed by atoms with E-state index >= 15 is 0 Å². The summed E-state index contributed by atoms with van der Waals surface area (Å²) in [7, 11) is 0. The second kappa shape index (κ2) is 1.73. The Bertz CT molecular complexity index is 286. The highest BCUT2D eigenvalue weighted by Gasteiger charge is 2.25. The highest BCUT2D eigenvalue weighted by Crippen LogP contribution is 2.07. The summed E-state index contributed by atoms with van der Waals surface area (Å²) in [4.78, 5) is 4.23. The zero-order chi connectivity index (χ0) is 6.97. The topological polar surface area (TPSA) is 63.1 Å². The molecule has 50 valence electrons. The molecule has 0 amide bonds. The summed E-state index contributed by atoms with van der Waals surface area (Å²) in [5.74, 6) is 0.322. The second-order valence-electron chi connectivity index (χ2n) is 1.95. The van der Waals surface area contributed by atoms with E-state index in [9.17, 15) is 5.21 Å². The van der Waals surface area contributed by atoms with Crippen LogP contribution in [0.1, 0.15) is 6.42 Å². The Labute approximate surface area is 56.7 Å². The lowest BCUT2D eigenvalue weighted by atomic mass is 10.2. The average molecular weight is 136 g/mol. The van der Waals surface area contributed by atoms with E-state index < -0.39 is 0 Å². The molecule has 0 fully saturated rings. The predicted molar refractivity (Wildman–Crippen MR) is 34.7 cm³/mol. The van der Waals surface area contributed by atoms with Gasteiger partial charge in [-0.3, -0.25) is 0 Å². The number of amidine groups is 1. The first kappa shape index (κ1) is 5.28. The summed E-state index contributed by atoms with van der Waals surface area (Å²) in [5.41, 5.74) is 0.650. The molecule has 5 heteroatoms. The lowest BCUT2D eigenvalue weighted by Gasteiger charge is -2.00. The zero-order valence-electron chi connectivity index (χ0n) is 5.06. The Hall–Kier alpha value is -1.52. The third-order valence-electron chi connectivity index (χ3n) is 1.30. The van der Waals surface area contributed by atoms with Gasteiger partial charge in [-0.2, -0.15) is 0 Å². The van der Waals surface area contributed by atoms with E-state index in [2.05, 4.69) is 15.3 Å². The van der Waals surface area contributed by atoms with E-state index in [0.29, 0.717) is 22.8 Å². The highest BCUT2D eigenvalue weighted by atomic mass is 16.5. The summed E-state index contributed by atoms with van der Waals surface area (Å²) in [5, 5.41) is 17.6. The number of hydrogen-bond acceptors (Lipinski definition) is 4. The molecule has 0 aliphatic carbocycles. The maximum atomic E-state index is 10.7. The predicted octanol–water partition coefficient (Wildman–Crippen LogP) is 0.634. The van der Waals surface area contributed by atoms with Crippen LogP contribution in [0.5, 0.6) is 0 Å². The highest BCUT2D eigenvalue weighted by molar-refractivity contribution is 6.39. The first-order chi connectivity index (χ1) is 4.88. The van der Waals surface area contributed by atoms with Crippen LogP contribution in [0, 0.1) is 5.21 Å². The Kier molecular flexibility index (Phi) is 0.913. The van der Waals surface area contributed by atoms with Crippen molar-refractivity contribution in [2.45, 2.75) is 6.42 Å². The van der Waals surface area contributed by atoms with Gasteiger partial charge in [0.25, 0.3) is 0 Å². The van der Waals surface area contributed by atoms with Crippen LogP contribution in [-0.4, -0.2) is 16.4 Å². The van der Waals surface area contributed by atoms with Gasteiger partial charge in [0.1, 0.15) is 0 Å². The van der Waals surface area contributed by atoms with Gasteiger partial charge in [0.2, 0.25) is 5.71 Å². The molecule has 0 atom stereocenters. The summed E-state index contributed by atoms with van der Waals surface area (Å²) in [6, 6.07) is 0. The van der Waals surface area contributed by atoms with Crippen molar-refractivity contribution >= 4 is 11.5 Å². The van der Waals surface area contributed by atoms with Crippen LogP contribution in [0.2, 0.25) is 0 Å². The number of rotatable bonds is 0. The van der Waals surface area contributed by atoms with Gasteiger partial charge in [0.15, 0.2) is 0 Å². The minimum Gasteiger partial charge on any atom is -0.721 e. The zero-order valence-corrected chi connectivity index (χ0v) is 5.06. The normalized spacial score (nSPS) is 21.4. The summed E-state index contributed by atoms with van der Waals surface area (Å²) < 4.78 is 0. The number of nitrogens with zero attached hydrogens (tertiary/aromatic N) is 4. The maximum absolute atomic E-state index is 10.7. The van der Waals surface area contributed by atoms with Crippen LogP contribution >= 0.6 is 0 Å². The number of fused-ring (bicyclic) bond motifs is 1. The van der Waals surface area contributed by atoms with Gasteiger partial charge in [-0.25, -0.2) is 0 Å². The van der Waals surface area contributed by atoms with E-state index in [1.807, 2.05) is 6.08 Å². The van der Waals surface area contributed by atoms with Gasteiger partial charge >= 0.3 is 5.84 Å². The molecule has 0 aromatic rings. The molecule has 0 aromatic carbocycles. The number of hydrogen-bond donors (Lipinski definition) is 0. The van der Waals surface area contributed by atoms with Crippen LogP contribution in [0.25, 0.3) is 0 Å². The molecule has 0 N–H and O–H groups in total. The van der Waals surface area contributed by atoms with Gasteiger partial charge in [-0.1, -0.05) is 0 Å². The van der Waals surface area contributed by atoms with E-state index in [0.717, 1.165) is 0 Å². The van der Waals surface area contributed by atoms with Crippen LogP contribution in [0.4, 0.5) is 0 Å². The number of hydroxylamine groups is 1. The van der Waals surface area contributed by atoms with Crippen molar-refractivity contribution in [2.24, 2.45) is 15.3 Å². The van der Waals surface area contributed by atoms with Crippen molar-refractivity contribution in [3.63, 3.8) is 0 Å². The summed E-state index contributed by atoms with van der Waals surface area (Å²) in [6.45, 7) is 0.